The number of benzene rings is 2. The summed E-state index contributed by atoms with van der Waals surface area (Å²) in [7, 11) is -3.30. The van der Waals surface area contributed by atoms with Crippen LogP contribution in [0.3, 0.4) is 0 Å². The fraction of sp³-hybridized carbons (Fsp3) is 0.208. The van der Waals surface area contributed by atoms with Crippen molar-refractivity contribution >= 4 is 38.4 Å². The number of aromatic nitrogens is 3. The van der Waals surface area contributed by atoms with Crippen molar-refractivity contribution < 1.29 is 22.3 Å². The molecule has 5 rings (SSSR count). The number of ether oxygens (including phenoxy) is 1. The predicted molar refractivity (Wildman–Crippen MR) is 128 cm³/mol. The molecule has 0 saturated carbocycles. The molecule has 180 valence electrons. The molecule has 1 N–H and O–H groups in total. The highest BCUT2D eigenvalue weighted by Crippen LogP contribution is 2.24. The van der Waals surface area contributed by atoms with Crippen LogP contribution < -0.4 is 5.32 Å². The SMILES string of the molecule is CS(=O)(=O)c1ccc(-n2ccc3cnc(Nc4ccc(F)c(C(=O)N5CCOCC5)c4)nc32)cc1. The minimum Gasteiger partial charge on any atom is -0.378 e. The molecule has 4 aromatic rings. The lowest BCUT2D eigenvalue weighted by atomic mass is 10.1. The lowest BCUT2D eigenvalue weighted by Gasteiger charge is -2.27. The first-order valence-corrected chi connectivity index (χ1v) is 12.8. The van der Waals surface area contributed by atoms with Gasteiger partial charge in [-0.05, 0) is 48.5 Å². The summed E-state index contributed by atoms with van der Waals surface area (Å²) in [5.74, 6) is -0.728. The van der Waals surface area contributed by atoms with Gasteiger partial charge in [0.05, 0.1) is 23.7 Å². The molecule has 1 aliphatic heterocycles. The molecule has 3 heterocycles. The van der Waals surface area contributed by atoms with Gasteiger partial charge in [0.15, 0.2) is 9.84 Å². The number of morpholine rings is 1. The molecule has 35 heavy (non-hydrogen) atoms. The molecule has 1 fully saturated rings. The zero-order chi connectivity index (χ0) is 24.6. The highest BCUT2D eigenvalue weighted by Gasteiger charge is 2.22. The predicted octanol–water partition coefficient (Wildman–Crippen LogP) is 3.18. The lowest BCUT2D eigenvalue weighted by Crippen LogP contribution is -2.41. The molecule has 0 spiro atoms. The van der Waals surface area contributed by atoms with Gasteiger partial charge in [0.2, 0.25) is 5.95 Å². The Balaban J connectivity index is 1.43. The van der Waals surface area contributed by atoms with E-state index in [0.29, 0.717) is 37.6 Å². The van der Waals surface area contributed by atoms with Gasteiger partial charge >= 0.3 is 0 Å². The average Bonchev–Trinajstić information content (AvgIpc) is 3.28. The van der Waals surface area contributed by atoms with Crippen LogP contribution in [-0.2, 0) is 14.6 Å². The molecule has 9 nitrogen and oxygen atoms in total. The molecule has 1 amide bonds. The van der Waals surface area contributed by atoms with Crippen LogP contribution in [0.4, 0.5) is 16.0 Å². The van der Waals surface area contributed by atoms with Crippen LogP contribution in [0, 0.1) is 5.82 Å². The fourth-order valence-corrected chi connectivity index (χ4v) is 4.50. The molecule has 0 aliphatic carbocycles. The van der Waals surface area contributed by atoms with E-state index in [9.17, 15) is 17.6 Å². The first-order chi connectivity index (χ1) is 16.8. The topological polar surface area (TPSA) is 106 Å². The number of sulfone groups is 1. The Morgan fingerprint density at radius 2 is 1.83 bits per heavy atom. The number of anilines is 2. The highest BCUT2D eigenvalue weighted by atomic mass is 32.2. The van der Waals surface area contributed by atoms with E-state index >= 15 is 0 Å². The third kappa shape index (κ3) is 4.73. The Bertz CT molecular complexity index is 1510. The summed E-state index contributed by atoms with van der Waals surface area (Å²) in [6.45, 7) is 1.68. The monoisotopic (exact) mass is 495 g/mol. The Hall–Kier alpha value is -3.83. The van der Waals surface area contributed by atoms with Crippen molar-refractivity contribution in [2.75, 3.05) is 37.9 Å². The summed E-state index contributed by atoms with van der Waals surface area (Å²) in [6.07, 6.45) is 4.62. The Labute approximate surface area is 201 Å². The van der Waals surface area contributed by atoms with Crippen molar-refractivity contribution in [1.29, 1.82) is 0 Å². The summed E-state index contributed by atoms with van der Waals surface area (Å²) in [4.78, 5) is 23.5. The molecule has 0 unspecified atom stereocenters. The molecule has 0 atom stereocenters. The van der Waals surface area contributed by atoms with E-state index in [4.69, 9.17) is 4.74 Å². The molecule has 2 aromatic carbocycles. The van der Waals surface area contributed by atoms with Crippen molar-refractivity contribution in [3.05, 3.63) is 72.3 Å². The van der Waals surface area contributed by atoms with E-state index in [1.807, 2.05) is 16.8 Å². The summed E-state index contributed by atoms with van der Waals surface area (Å²) in [5, 5.41) is 3.82. The van der Waals surface area contributed by atoms with Crippen molar-refractivity contribution in [3.63, 3.8) is 0 Å². The maximum atomic E-state index is 14.4. The summed E-state index contributed by atoms with van der Waals surface area (Å²) < 4.78 is 45.0. The Kier molecular flexibility index (Phi) is 5.95. The summed E-state index contributed by atoms with van der Waals surface area (Å²) in [5.41, 5.74) is 1.77. The third-order valence-electron chi connectivity index (χ3n) is 5.72. The molecule has 0 bridgehead atoms. The first kappa shape index (κ1) is 22.9. The van der Waals surface area contributed by atoms with E-state index in [1.54, 1.807) is 35.4 Å². The summed E-state index contributed by atoms with van der Waals surface area (Å²) >= 11 is 0. The van der Waals surface area contributed by atoms with E-state index in [1.165, 1.54) is 18.2 Å². The van der Waals surface area contributed by atoms with Crippen LogP contribution in [-0.4, -0.2) is 66.3 Å². The minimum absolute atomic E-state index is 0.0349. The van der Waals surface area contributed by atoms with Crippen LogP contribution in [0.2, 0.25) is 0 Å². The Morgan fingerprint density at radius 1 is 1.09 bits per heavy atom. The molecular weight excluding hydrogens is 473 g/mol. The van der Waals surface area contributed by atoms with Crippen molar-refractivity contribution in [2.45, 2.75) is 4.90 Å². The number of carbonyl (C=O) groups excluding carboxylic acids is 1. The van der Waals surface area contributed by atoms with Gasteiger partial charge in [0.25, 0.3) is 5.91 Å². The van der Waals surface area contributed by atoms with E-state index < -0.39 is 21.6 Å². The number of amides is 1. The van der Waals surface area contributed by atoms with Gasteiger partial charge in [-0.2, -0.15) is 4.98 Å². The number of hydrogen-bond acceptors (Lipinski definition) is 7. The maximum Gasteiger partial charge on any atom is 0.257 e. The van der Waals surface area contributed by atoms with Gasteiger partial charge in [-0.1, -0.05) is 0 Å². The number of rotatable bonds is 5. The molecule has 1 aliphatic rings. The lowest BCUT2D eigenvalue weighted by molar-refractivity contribution is 0.0300. The van der Waals surface area contributed by atoms with Gasteiger partial charge in [-0.15, -0.1) is 0 Å². The van der Waals surface area contributed by atoms with E-state index in [-0.39, 0.29) is 16.4 Å². The normalized spacial score (nSPS) is 14.3. The van der Waals surface area contributed by atoms with Crippen LogP contribution >= 0.6 is 0 Å². The molecular formula is C24H22FN5O4S. The minimum atomic E-state index is -3.30. The smallest absolute Gasteiger partial charge is 0.257 e. The van der Waals surface area contributed by atoms with Gasteiger partial charge in [-0.25, -0.2) is 17.8 Å². The second-order valence-electron chi connectivity index (χ2n) is 8.15. The van der Waals surface area contributed by atoms with Gasteiger partial charge in [0.1, 0.15) is 11.5 Å². The van der Waals surface area contributed by atoms with Crippen LogP contribution in [0.1, 0.15) is 10.4 Å². The van der Waals surface area contributed by atoms with E-state index in [2.05, 4.69) is 15.3 Å². The second kappa shape index (κ2) is 9.08. The maximum absolute atomic E-state index is 14.4. The molecule has 11 heteroatoms. The van der Waals surface area contributed by atoms with Crippen molar-refractivity contribution in [2.24, 2.45) is 0 Å². The van der Waals surface area contributed by atoms with Gasteiger partial charge in [-0.3, -0.25) is 4.79 Å². The fourth-order valence-electron chi connectivity index (χ4n) is 3.87. The summed E-state index contributed by atoms with van der Waals surface area (Å²) in [6, 6.07) is 12.5. The molecule has 2 aromatic heterocycles. The second-order valence-corrected chi connectivity index (χ2v) is 10.2. The highest BCUT2D eigenvalue weighted by molar-refractivity contribution is 7.90. The van der Waals surface area contributed by atoms with Gasteiger partial charge in [0, 0.05) is 48.5 Å². The zero-order valence-corrected chi connectivity index (χ0v) is 19.6. The first-order valence-electron chi connectivity index (χ1n) is 10.9. The zero-order valence-electron chi connectivity index (χ0n) is 18.8. The number of nitrogens with one attached hydrogen (secondary N) is 1. The van der Waals surface area contributed by atoms with Crippen molar-refractivity contribution in [3.8, 4) is 5.69 Å². The average molecular weight is 496 g/mol. The number of carbonyl (C=O) groups is 1. The molecule has 0 radical (unpaired) electrons. The van der Waals surface area contributed by atoms with Crippen molar-refractivity contribution in [1.82, 2.24) is 19.4 Å². The van der Waals surface area contributed by atoms with Crippen LogP contribution in [0.15, 0.2) is 65.8 Å². The number of nitrogens with zero attached hydrogens (tertiary/aromatic N) is 4. The number of halogens is 1. The van der Waals surface area contributed by atoms with Gasteiger partial charge < -0.3 is 19.5 Å². The van der Waals surface area contributed by atoms with E-state index in [0.717, 1.165) is 17.3 Å². The quantitative estimate of drug-likeness (QED) is 0.453. The van der Waals surface area contributed by atoms with Crippen LogP contribution in [0.5, 0.6) is 0 Å². The number of hydrogen-bond donors (Lipinski definition) is 1. The molecule has 1 saturated heterocycles. The largest absolute Gasteiger partial charge is 0.378 e. The Morgan fingerprint density at radius 3 is 2.54 bits per heavy atom. The third-order valence-corrected chi connectivity index (χ3v) is 6.85. The standard InChI is InChI=1S/C24H22FN5O4S/c1-35(32,33)19-5-3-18(4-6-19)30-9-8-16-15-26-24(28-22(16)30)27-17-2-7-21(25)20(14-17)23(31)29-10-12-34-13-11-29/h2-9,14-15H,10-13H2,1H3,(H,26,27,28). The van der Waals surface area contributed by atoms with Crippen LogP contribution in [0.25, 0.3) is 16.7 Å². The number of fused-ring (bicyclic) bond motifs is 1.